The summed E-state index contributed by atoms with van der Waals surface area (Å²) in [6.45, 7) is 0. The molecule has 0 aromatic rings. The van der Waals surface area contributed by atoms with Gasteiger partial charge in [-0.2, -0.15) is 0 Å². The first-order valence-electron chi connectivity index (χ1n) is 2.92. The molecule has 0 spiro atoms. The molecular formula is C5H9IO4. The van der Waals surface area contributed by atoms with Gasteiger partial charge in [-0.25, -0.2) is 0 Å². The molecule has 5 heteroatoms. The van der Waals surface area contributed by atoms with Crippen molar-refractivity contribution in [2.45, 2.75) is 24.6 Å². The van der Waals surface area contributed by atoms with E-state index in [1.54, 1.807) is 0 Å². The molecule has 0 amide bonds. The molecule has 0 aromatic heterocycles. The summed E-state index contributed by atoms with van der Waals surface area (Å²) in [5, 5.41) is 26.9. The van der Waals surface area contributed by atoms with Gasteiger partial charge in [-0.3, -0.25) is 0 Å². The summed E-state index contributed by atoms with van der Waals surface area (Å²) in [6, 6.07) is 0. The second-order valence-electron chi connectivity index (χ2n) is 2.20. The lowest BCUT2D eigenvalue weighted by atomic mass is 10.2. The number of halogens is 1. The number of ether oxygens (including phenoxy) is 1. The molecule has 0 unspecified atom stereocenters. The minimum atomic E-state index is -1.23. The van der Waals surface area contributed by atoms with Crippen LogP contribution in [-0.4, -0.2) is 44.3 Å². The second-order valence-corrected chi connectivity index (χ2v) is 3.08. The van der Waals surface area contributed by atoms with Crippen LogP contribution in [-0.2, 0) is 4.74 Å². The van der Waals surface area contributed by atoms with Gasteiger partial charge >= 0.3 is 0 Å². The molecular weight excluding hydrogens is 251 g/mol. The van der Waals surface area contributed by atoms with Crippen LogP contribution in [0.15, 0.2) is 0 Å². The van der Waals surface area contributed by atoms with E-state index < -0.39 is 24.6 Å². The summed E-state index contributed by atoms with van der Waals surface area (Å²) < 4.78 is 5.35. The minimum absolute atomic E-state index is 0.439. The standard InChI is InChI=1S/C5H9IO4/c6-1-2-3(7)4(8)5(9)10-2/h2-5,7-9H,1H2/t2-,3-,4+,5+/m1/s1. The van der Waals surface area contributed by atoms with Gasteiger partial charge in [0.15, 0.2) is 6.29 Å². The van der Waals surface area contributed by atoms with E-state index in [0.717, 1.165) is 0 Å². The molecule has 4 atom stereocenters. The van der Waals surface area contributed by atoms with E-state index in [9.17, 15) is 0 Å². The number of hydrogen-bond acceptors (Lipinski definition) is 4. The molecule has 1 aliphatic rings. The van der Waals surface area contributed by atoms with Crippen molar-refractivity contribution < 1.29 is 20.1 Å². The monoisotopic (exact) mass is 260 g/mol. The third-order valence-electron chi connectivity index (χ3n) is 1.49. The van der Waals surface area contributed by atoms with E-state index in [0.29, 0.717) is 4.43 Å². The van der Waals surface area contributed by atoms with E-state index in [-0.39, 0.29) is 0 Å². The van der Waals surface area contributed by atoms with Crippen LogP contribution in [0.4, 0.5) is 0 Å². The molecule has 0 bridgehead atoms. The highest BCUT2D eigenvalue weighted by Crippen LogP contribution is 2.20. The molecule has 1 aliphatic heterocycles. The largest absolute Gasteiger partial charge is 0.387 e. The van der Waals surface area contributed by atoms with E-state index in [1.807, 2.05) is 22.6 Å². The third-order valence-corrected chi connectivity index (χ3v) is 2.36. The highest BCUT2D eigenvalue weighted by Gasteiger charge is 2.40. The molecule has 3 N–H and O–H groups in total. The van der Waals surface area contributed by atoms with Gasteiger partial charge in [0.2, 0.25) is 0 Å². The predicted molar refractivity (Wildman–Crippen MR) is 41.8 cm³/mol. The zero-order chi connectivity index (χ0) is 7.72. The number of aliphatic hydroxyl groups excluding tert-OH is 3. The van der Waals surface area contributed by atoms with Crippen molar-refractivity contribution in [3.05, 3.63) is 0 Å². The molecule has 10 heavy (non-hydrogen) atoms. The number of rotatable bonds is 1. The van der Waals surface area contributed by atoms with Crippen molar-refractivity contribution in [3.8, 4) is 0 Å². The molecule has 4 nitrogen and oxygen atoms in total. The molecule has 0 aliphatic carbocycles. The Morgan fingerprint density at radius 1 is 1.20 bits per heavy atom. The van der Waals surface area contributed by atoms with Crippen LogP contribution < -0.4 is 0 Å². The van der Waals surface area contributed by atoms with Crippen molar-refractivity contribution in [1.82, 2.24) is 0 Å². The highest BCUT2D eigenvalue weighted by atomic mass is 127. The fraction of sp³-hybridized carbons (Fsp3) is 1.00. The van der Waals surface area contributed by atoms with Gasteiger partial charge in [-0.15, -0.1) is 0 Å². The van der Waals surface area contributed by atoms with Gasteiger partial charge in [0.05, 0.1) is 6.10 Å². The maximum absolute atomic E-state index is 9.09. The Kier molecular flexibility index (Phi) is 2.87. The summed E-state index contributed by atoms with van der Waals surface area (Å²) in [7, 11) is 0. The molecule has 0 radical (unpaired) electrons. The number of alkyl halides is 1. The van der Waals surface area contributed by atoms with Crippen LogP contribution >= 0.6 is 22.6 Å². The van der Waals surface area contributed by atoms with Crippen LogP contribution in [0.5, 0.6) is 0 Å². The molecule has 60 valence electrons. The lowest BCUT2D eigenvalue weighted by Crippen LogP contribution is -2.32. The van der Waals surface area contributed by atoms with Gasteiger partial charge in [0, 0.05) is 4.43 Å². The Morgan fingerprint density at radius 2 is 1.80 bits per heavy atom. The Hall–Kier alpha value is 0.570. The molecule has 1 heterocycles. The topological polar surface area (TPSA) is 69.9 Å². The second kappa shape index (κ2) is 3.31. The third kappa shape index (κ3) is 1.42. The SMILES string of the molecule is O[C@H]1[C@H](O)[C@@H](CI)O[C@@H]1O. The Balaban J connectivity index is 2.53. The van der Waals surface area contributed by atoms with Crippen molar-refractivity contribution in [2.24, 2.45) is 0 Å². The van der Waals surface area contributed by atoms with Gasteiger partial charge in [0.1, 0.15) is 12.2 Å². The molecule has 0 aromatic carbocycles. The minimum Gasteiger partial charge on any atom is -0.387 e. The van der Waals surface area contributed by atoms with Crippen molar-refractivity contribution >= 4 is 22.6 Å². The van der Waals surface area contributed by atoms with Gasteiger partial charge < -0.3 is 20.1 Å². The zero-order valence-corrected chi connectivity index (χ0v) is 7.30. The number of hydrogen-bond donors (Lipinski definition) is 3. The van der Waals surface area contributed by atoms with Gasteiger partial charge in [-0.1, -0.05) is 22.6 Å². The fourth-order valence-corrected chi connectivity index (χ4v) is 1.58. The molecule has 1 rings (SSSR count). The summed E-state index contributed by atoms with van der Waals surface area (Å²) in [5.41, 5.74) is 0. The van der Waals surface area contributed by atoms with Crippen molar-refractivity contribution in [3.63, 3.8) is 0 Å². The Labute approximate surface area is 72.0 Å². The first kappa shape index (κ1) is 8.66. The van der Waals surface area contributed by atoms with E-state index in [4.69, 9.17) is 20.1 Å². The number of aliphatic hydroxyl groups is 3. The van der Waals surface area contributed by atoms with E-state index in [2.05, 4.69) is 0 Å². The Morgan fingerprint density at radius 3 is 2.00 bits per heavy atom. The van der Waals surface area contributed by atoms with Crippen molar-refractivity contribution in [2.75, 3.05) is 4.43 Å². The van der Waals surface area contributed by atoms with E-state index in [1.165, 1.54) is 0 Å². The highest BCUT2D eigenvalue weighted by molar-refractivity contribution is 14.1. The summed E-state index contributed by atoms with van der Waals surface area (Å²) in [5.74, 6) is 0. The van der Waals surface area contributed by atoms with E-state index >= 15 is 0 Å². The van der Waals surface area contributed by atoms with Crippen LogP contribution in [0.3, 0.4) is 0 Å². The predicted octanol–water partition coefficient (Wildman–Crippen LogP) is -1.14. The zero-order valence-electron chi connectivity index (χ0n) is 5.14. The summed E-state index contributed by atoms with van der Waals surface area (Å²) in [4.78, 5) is 0. The van der Waals surface area contributed by atoms with Gasteiger partial charge in [-0.05, 0) is 0 Å². The van der Waals surface area contributed by atoms with Gasteiger partial charge in [0.25, 0.3) is 0 Å². The van der Waals surface area contributed by atoms with Crippen LogP contribution in [0, 0.1) is 0 Å². The van der Waals surface area contributed by atoms with Crippen LogP contribution in [0.2, 0.25) is 0 Å². The smallest absolute Gasteiger partial charge is 0.183 e. The average molecular weight is 260 g/mol. The normalized spacial score (nSPS) is 48.0. The lowest BCUT2D eigenvalue weighted by Gasteiger charge is -2.09. The molecule has 0 saturated carbocycles. The van der Waals surface area contributed by atoms with Crippen molar-refractivity contribution in [1.29, 1.82) is 0 Å². The van der Waals surface area contributed by atoms with Crippen LogP contribution in [0.1, 0.15) is 0 Å². The Bertz CT molecular complexity index is 120. The quantitative estimate of drug-likeness (QED) is 0.412. The van der Waals surface area contributed by atoms with Crippen LogP contribution in [0.25, 0.3) is 0 Å². The fourth-order valence-electron chi connectivity index (χ4n) is 0.856. The lowest BCUT2D eigenvalue weighted by molar-refractivity contribution is -0.123. The summed E-state index contributed by atoms with van der Waals surface area (Å²) in [6.07, 6.45) is -3.77. The first-order chi connectivity index (χ1) is 4.66. The molecule has 1 saturated heterocycles. The summed E-state index contributed by atoms with van der Waals surface area (Å²) >= 11 is 2.02. The molecule has 1 fully saturated rings. The maximum Gasteiger partial charge on any atom is 0.183 e. The first-order valence-corrected chi connectivity index (χ1v) is 4.45. The maximum atomic E-state index is 9.09. The average Bonchev–Trinajstić information content (AvgIpc) is 2.17.